The summed E-state index contributed by atoms with van der Waals surface area (Å²) in [5.41, 5.74) is 10.6. The van der Waals surface area contributed by atoms with E-state index in [1.807, 2.05) is 24.3 Å². The van der Waals surface area contributed by atoms with Crippen LogP contribution < -0.4 is 0 Å². The number of para-hydroxylation sites is 2. The number of fused-ring (bicyclic) bond motifs is 3. The van der Waals surface area contributed by atoms with Crippen LogP contribution in [0, 0.1) is 0 Å². The third kappa shape index (κ3) is 5.16. The zero-order valence-corrected chi connectivity index (χ0v) is 26.6. The summed E-state index contributed by atoms with van der Waals surface area (Å²) in [5, 5.41) is 2.48. The molecule has 0 aliphatic rings. The maximum absolute atomic E-state index is 5.17. The van der Waals surface area contributed by atoms with Gasteiger partial charge in [-0.1, -0.05) is 146 Å². The van der Waals surface area contributed by atoms with Gasteiger partial charge in [-0.25, -0.2) is 15.0 Å². The predicted molar refractivity (Wildman–Crippen MR) is 201 cm³/mol. The largest absolute Gasteiger partial charge is 0.309 e. The van der Waals surface area contributed by atoms with Gasteiger partial charge in [0.05, 0.1) is 11.0 Å². The van der Waals surface area contributed by atoms with Crippen molar-refractivity contribution < 1.29 is 0 Å². The number of nitrogens with zero attached hydrogens (tertiary/aromatic N) is 4. The Morgan fingerprint density at radius 3 is 1.16 bits per heavy atom. The van der Waals surface area contributed by atoms with E-state index in [9.17, 15) is 0 Å². The minimum Gasteiger partial charge on any atom is -0.309 e. The van der Waals surface area contributed by atoms with Crippen LogP contribution in [0.2, 0.25) is 0 Å². The van der Waals surface area contributed by atoms with E-state index in [2.05, 4.69) is 162 Å². The van der Waals surface area contributed by atoms with E-state index in [0.29, 0.717) is 17.5 Å². The third-order valence-electron chi connectivity index (χ3n) is 9.10. The highest BCUT2D eigenvalue weighted by Crippen LogP contribution is 2.36. The molecule has 2 aromatic heterocycles. The van der Waals surface area contributed by atoms with Crippen molar-refractivity contribution >= 4 is 21.8 Å². The Labute approximate surface area is 284 Å². The van der Waals surface area contributed by atoms with E-state index in [0.717, 1.165) is 44.6 Å². The summed E-state index contributed by atoms with van der Waals surface area (Å²) in [6, 6.07) is 63.2. The maximum Gasteiger partial charge on any atom is 0.164 e. The lowest BCUT2D eigenvalue weighted by molar-refractivity contribution is 1.07. The maximum atomic E-state index is 5.17. The molecule has 0 bridgehead atoms. The smallest absolute Gasteiger partial charge is 0.164 e. The van der Waals surface area contributed by atoms with Gasteiger partial charge < -0.3 is 4.57 Å². The van der Waals surface area contributed by atoms with Crippen LogP contribution in [0.3, 0.4) is 0 Å². The van der Waals surface area contributed by atoms with E-state index in [-0.39, 0.29) is 0 Å². The summed E-state index contributed by atoms with van der Waals surface area (Å²) in [6.07, 6.45) is 0. The van der Waals surface area contributed by atoms with Crippen LogP contribution in [0.4, 0.5) is 0 Å². The first-order valence-electron chi connectivity index (χ1n) is 16.5. The normalized spacial score (nSPS) is 11.3. The van der Waals surface area contributed by atoms with Gasteiger partial charge in [-0.2, -0.15) is 0 Å². The number of rotatable bonds is 6. The van der Waals surface area contributed by atoms with Crippen LogP contribution in [0.15, 0.2) is 182 Å². The minimum absolute atomic E-state index is 0.625. The van der Waals surface area contributed by atoms with Crippen LogP contribution in [0.25, 0.3) is 83.9 Å². The monoisotopic (exact) mass is 626 g/mol. The van der Waals surface area contributed by atoms with Gasteiger partial charge >= 0.3 is 0 Å². The Morgan fingerprint density at radius 2 is 0.673 bits per heavy atom. The second-order valence-corrected chi connectivity index (χ2v) is 12.0. The molecule has 0 saturated carbocycles. The topological polar surface area (TPSA) is 43.6 Å². The van der Waals surface area contributed by atoms with Crippen molar-refractivity contribution in [1.29, 1.82) is 0 Å². The molecule has 0 saturated heterocycles. The summed E-state index contributed by atoms with van der Waals surface area (Å²) in [4.78, 5) is 15.5. The van der Waals surface area contributed by atoms with Crippen LogP contribution in [0.1, 0.15) is 0 Å². The van der Waals surface area contributed by atoms with Crippen LogP contribution >= 0.6 is 0 Å². The van der Waals surface area contributed by atoms with Crippen molar-refractivity contribution in [2.45, 2.75) is 0 Å². The Bertz CT molecular complexity index is 2430. The second kappa shape index (κ2) is 12.2. The number of hydrogen-bond acceptors (Lipinski definition) is 3. The molecule has 0 spiro atoms. The first kappa shape index (κ1) is 28.6. The molecular formula is C45H30N4. The van der Waals surface area contributed by atoms with E-state index in [1.54, 1.807) is 0 Å². The lowest BCUT2D eigenvalue weighted by Gasteiger charge is -2.14. The van der Waals surface area contributed by atoms with Crippen molar-refractivity contribution in [2.24, 2.45) is 0 Å². The molecule has 0 aliphatic carbocycles. The Balaban J connectivity index is 1.23. The van der Waals surface area contributed by atoms with Gasteiger partial charge in [0.25, 0.3) is 0 Å². The van der Waals surface area contributed by atoms with Gasteiger partial charge in [-0.05, 0) is 58.7 Å². The molecule has 0 N–H and O–H groups in total. The van der Waals surface area contributed by atoms with E-state index < -0.39 is 0 Å². The van der Waals surface area contributed by atoms with Gasteiger partial charge in [0.15, 0.2) is 17.5 Å². The molecule has 9 aromatic rings. The predicted octanol–water partition coefficient (Wildman–Crippen LogP) is 11.3. The molecule has 0 aliphatic heterocycles. The lowest BCUT2D eigenvalue weighted by atomic mass is 9.98. The fourth-order valence-electron chi connectivity index (χ4n) is 6.80. The number of aromatic nitrogens is 4. The standard InChI is InChI=1S/C45H30N4/c1-3-15-31(16-4-1)35-19-7-9-23-39(35)44-46-43(47-45(48-44)40-24-10-8-20-36(40)32-17-5-2-6-18-32)33-27-29-34(30-28-33)49-41-25-13-11-21-37(41)38-22-12-14-26-42(38)49/h1-30H. The zero-order chi connectivity index (χ0) is 32.6. The van der Waals surface area contributed by atoms with Gasteiger partial charge in [0, 0.05) is 33.2 Å². The minimum atomic E-state index is 0.625. The fourth-order valence-corrected chi connectivity index (χ4v) is 6.80. The molecule has 4 heteroatoms. The molecule has 49 heavy (non-hydrogen) atoms. The van der Waals surface area contributed by atoms with Crippen molar-refractivity contribution in [3.8, 4) is 62.1 Å². The summed E-state index contributed by atoms with van der Waals surface area (Å²) in [6.45, 7) is 0. The Hall–Kier alpha value is -6.65. The van der Waals surface area contributed by atoms with Crippen LogP contribution in [0.5, 0.6) is 0 Å². The Kier molecular flexibility index (Phi) is 7.10. The highest BCUT2D eigenvalue weighted by molar-refractivity contribution is 6.09. The summed E-state index contributed by atoms with van der Waals surface area (Å²) < 4.78 is 2.32. The van der Waals surface area contributed by atoms with Crippen molar-refractivity contribution in [3.05, 3.63) is 182 Å². The molecule has 230 valence electrons. The van der Waals surface area contributed by atoms with Crippen LogP contribution in [-0.2, 0) is 0 Å². The van der Waals surface area contributed by atoms with Gasteiger partial charge in [0.1, 0.15) is 0 Å². The van der Waals surface area contributed by atoms with Crippen molar-refractivity contribution in [2.75, 3.05) is 0 Å². The molecule has 7 aromatic carbocycles. The number of benzene rings is 7. The van der Waals surface area contributed by atoms with Crippen molar-refractivity contribution in [3.63, 3.8) is 0 Å². The fraction of sp³-hybridized carbons (Fsp3) is 0. The van der Waals surface area contributed by atoms with E-state index >= 15 is 0 Å². The van der Waals surface area contributed by atoms with Crippen molar-refractivity contribution in [1.82, 2.24) is 19.5 Å². The van der Waals surface area contributed by atoms with Gasteiger partial charge in [-0.15, -0.1) is 0 Å². The molecular weight excluding hydrogens is 597 g/mol. The molecule has 4 nitrogen and oxygen atoms in total. The van der Waals surface area contributed by atoms with Crippen LogP contribution in [-0.4, -0.2) is 19.5 Å². The highest BCUT2D eigenvalue weighted by atomic mass is 15.0. The first-order valence-corrected chi connectivity index (χ1v) is 16.5. The van der Waals surface area contributed by atoms with Gasteiger partial charge in [0.2, 0.25) is 0 Å². The molecule has 0 fully saturated rings. The third-order valence-corrected chi connectivity index (χ3v) is 9.10. The summed E-state index contributed by atoms with van der Waals surface area (Å²) in [7, 11) is 0. The summed E-state index contributed by atoms with van der Waals surface area (Å²) >= 11 is 0. The molecule has 0 unspecified atom stereocenters. The first-order chi connectivity index (χ1) is 24.3. The number of hydrogen-bond donors (Lipinski definition) is 0. The SMILES string of the molecule is c1ccc(-c2ccccc2-c2nc(-c3ccc(-n4c5ccccc5c5ccccc54)cc3)nc(-c3ccccc3-c3ccccc3)n2)cc1. The molecule has 0 atom stereocenters. The van der Waals surface area contributed by atoms with E-state index in [4.69, 9.17) is 15.0 Å². The van der Waals surface area contributed by atoms with Gasteiger partial charge in [-0.3, -0.25) is 0 Å². The lowest BCUT2D eigenvalue weighted by Crippen LogP contribution is -2.02. The molecule has 9 rings (SSSR count). The average Bonchev–Trinajstić information content (AvgIpc) is 3.53. The highest BCUT2D eigenvalue weighted by Gasteiger charge is 2.18. The summed E-state index contributed by atoms with van der Waals surface area (Å²) in [5.74, 6) is 1.89. The quantitative estimate of drug-likeness (QED) is 0.184. The zero-order valence-electron chi connectivity index (χ0n) is 26.6. The molecule has 0 amide bonds. The Morgan fingerprint density at radius 1 is 0.286 bits per heavy atom. The van der Waals surface area contributed by atoms with E-state index in [1.165, 1.54) is 21.8 Å². The molecule has 2 heterocycles. The second-order valence-electron chi connectivity index (χ2n) is 12.0. The average molecular weight is 627 g/mol. The molecule has 0 radical (unpaired) electrons.